The Morgan fingerprint density at radius 1 is 1.17 bits per heavy atom. The summed E-state index contributed by atoms with van der Waals surface area (Å²) >= 11 is 0. The molecule has 3 rings (SSSR count). The molecular weight excluding hydrogens is 499 g/mol. The fraction of sp³-hybridized carbons (Fsp3) is 0.667. The summed E-state index contributed by atoms with van der Waals surface area (Å²) in [6.45, 7) is 4.30. The molecule has 1 atom stereocenters. The zero-order chi connectivity index (χ0) is 20.0. The smallest absolute Gasteiger partial charge is 0.191 e. The minimum absolute atomic E-state index is 0. The Bertz CT molecular complexity index is 761. The topological polar surface area (TPSA) is 73.8 Å². The molecule has 0 amide bonds. The van der Waals surface area contributed by atoms with Gasteiger partial charge in [0.1, 0.15) is 0 Å². The zero-order valence-electron chi connectivity index (χ0n) is 17.6. The average Bonchev–Trinajstić information content (AvgIpc) is 3.33. The predicted octanol–water partition coefficient (Wildman–Crippen LogP) is 2.68. The van der Waals surface area contributed by atoms with Crippen molar-refractivity contribution in [3.05, 3.63) is 29.8 Å². The van der Waals surface area contributed by atoms with Crippen molar-refractivity contribution in [2.45, 2.75) is 49.5 Å². The first-order valence-electron chi connectivity index (χ1n) is 10.4. The molecule has 29 heavy (non-hydrogen) atoms. The lowest BCUT2D eigenvalue weighted by Gasteiger charge is -2.21. The van der Waals surface area contributed by atoms with Crippen LogP contribution in [-0.2, 0) is 16.3 Å². The van der Waals surface area contributed by atoms with Crippen molar-refractivity contribution in [2.75, 3.05) is 39.5 Å². The molecule has 8 heteroatoms. The van der Waals surface area contributed by atoms with E-state index in [1.165, 1.54) is 51.4 Å². The van der Waals surface area contributed by atoms with Gasteiger partial charge in [0.25, 0.3) is 0 Å². The van der Waals surface area contributed by atoms with Crippen LogP contribution in [0.25, 0.3) is 0 Å². The quantitative estimate of drug-likeness (QED) is 0.320. The van der Waals surface area contributed by atoms with E-state index in [0.29, 0.717) is 10.9 Å². The summed E-state index contributed by atoms with van der Waals surface area (Å²) in [5.41, 5.74) is 1.11. The second kappa shape index (κ2) is 11.5. The number of guanidine groups is 1. The van der Waals surface area contributed by atoms with Crippen LogP contribution in [-0.4, -0.2) is 64.8 Å². The Kier molecular flexibility index (Phi) is 9.68. The lowest BCUT2D eigenvalue weighted by atomic mass is 10.1. The van der Waals surface area contributed by atoms with Crippen LogP contribution in [0.2, 0.25) is 0 Å². The van der Waals surface area contributed by atoms with Crippen molar-refractivity contribution in [3.63, 3.8) is 0 Å². The zero-order valence-corrected chi connectivity index (χ0v) is 20.7. The van der Waals surface area contributed by atoms with Crippen LogP contribution < -0.4 is 10.6 Å². The van der Waals surface area contributed by atoms with Crippen molar-refractivity contribution in [3.8, 4) is 0 Å². The molecule has 1 saturated heterocycles. The molecule has 1 unspecified atom stereocenters. The van der Waals surface area contributed by atoms with E-state index in [1.807, 2.05) is 19.2 Å². The van der Waals surface area contributed by atoms with Crippen LogP contribution in [0.4, 0.5) is 0 Å². The maximum Gasteiger partial charge on any atom is 0.191 e. The van der Waals surface area contributed by atoms with Crippen LogP contribution in [0.1, 0.15) is 37.7 Å². The van der Waals surface area contributed by atoms with Crippen molar-refractivity contribution in [1.82, 2.24) is 15.5 Å². The van der Waals surface area contributed by atoms with Crippen molar-refractivity contribution >= 4 is 39.8 Å². The molecule has 2 aliphatic rings. The molecule has 0 bridgehead atoms. The number of aliphatic imine (C=N–C) groups is 1. The van der Waals surface area contributed by atoms with Gasteiger partial charge < -0.3 is 15.5 Å². The number of nitrogens with zero attached hydrogens (tertiary/aromatic N) is 2. The third-order valence-electron chi connectivity index (χ3n) is 5.89. The number of rotatable bonds is 7. The minimum Gasteiger partial charge on any atom is -0.356 e. The summed E-state index contributed by atoms with van der Waals surface area (Å²) in [5, 5.41) is 6.93. The van der Waals surface area contributed by atoms with Crippen LogP contribution >= 0.6 is 24.0 Å². The van der Waals surface area contributed by atoms with Gasteiger partial charge in [-0.2, -0.15) is 0 Å². The molecule has 164 valence electrons. The summed E-state index contributed by atoms with van der Waals surface area (Å²) in [6.07, 6.45) is 8.86. The maximum atomic E-state index is 11.5. The average molecular weight is 535 g/mol. The molecule has 1 aliphatic heterocycles. The monoisotopic (exact) mass is 534 g/mol. The fourth-order valence-corrected chi connectivity index (χ4v) is 4.92. The number of hydrogen-bond donors (Lipinski definition) is 2. The number of halogens is 1. The molecular formula is C21H35IN4O2S. The summed E-state index contributed by atoms with van der Waals surface area (Å²) in [4.78, 5) is 7.32. The molecule has 0 aromatic heterocycles. The highest BCUT2D eigenvalue weighted by Crippen LogP contribution is 2.26. The number of benzene rings is 1. The lowest BCUT2D eigenvalue weighted by Crippen LogP contribution is -2.45. The third-order valence-corrected chi connectivity index (χ3v) is 7.01. The van der Waals surface area contributed by atoms with Gasteiger partial charge in [-0.25, -0.2) is 8.42 Å². The maximum absolute atomic E-state index is 11.5. The first-order valence-corrected chi connectivity index (χ1v) is 12.3. The highest BCUT2D eigenvalue weighted by atomic mass is 127. The van der Waals surface area contributed by atoms with E-state index >= 15 is 0 Å². The molecule has 1 aliphatic carbocycles. The van der Waals surface area contributed by atoms with Crippen molar-refractivity contribution in [2.24, 2.45) is 10.9 Å². The van der Waals surface area contributed by atoms with E-state index in [1.54, 1.807) is 12.1 Å². The molecule has 2 fully saturated rings. The standard InChI is InChI=1S/C21H34N4O2S.HI/c1-22-21(23-13-11-17-7-9-20(10-8-17)28(2,26)27)24-19-12-14-25(16-19)15-18-5-3-4-6-18;/h7-10,18-19H,3-6,11-16H2,1-2H3,(H2,22,23,24);1H. The second-order valence-corrected chi connectivity index (χ2v) is 10.2. The summed E-state index contributed by atoms with van der Waals surface area (Å²) in [6, 6.07) is 7.57. The number of likely N-dealkylation sites (tertiary alicyclic amines) is 1. The van der Waals surface area contributed by atoms with E-state index in [-0.39, 0.29) is 24.0 Å². The molecule has 0 spiro atoms. The SMILES string of the molecule is CN=C(NCCc1ccc(S(C)(=O)=O)cc1)NC1CCN(CC2CCCC2)C1.I. The third kappa shape index (κ3) is 7.71. The largest absolute Gasteiger partial charge is 0.356 e. The summed E-state index contributed by atoms with van der Waals surface area (Å²) in [5.74, 6) is 1.76. The second-order valence-electron chi connectivity index (χ2n) is 8.21. The van der Waals surface area contributed by atoms with E-state index in [9.17, 15) is 8.42 Å². The number of nitrogens with one attached hydrogen (secondary N) is 2. The van der Waals surface area contributed by atoms with Gasteiger partial charge in [0, 0.05) is 45.5 Å². The Balaban J connectivity index is 0.00000300. The van der Waals surface area contributed by atoms with Crippen LogP contribution in [0.3, 0.4) is 0 Å². The number of hydrogen-bond acceptors (Lipinski definition) is 4. The molecule has 2 N–H and O–H groups in total. The molecule has 0 radical (unpaired) electrons. The minimum atomic E-state index is -3.13. The van der Waals surface area contributed by atoms with Crippen LogP contribution in [0, 0.1) is 5.92 Å². The first-order chi connectivity index (χ1) is 13.4. The van der Waals surface area contributed by atoms with Gasteiger partial charge in [0.2, 0.25) is 0 Å². The van der Waals surface area contributed by atoms with E-state index in [4.69, 9.17) is 0 Å². The lowest BCUT2D eigenvalue weighted by molar-refractivity contribution is 0.275. The molecule has 1 heterocycles. The Morgan fingerprint density at radius 2 is 1.86 bits per heavy atom. The van der Waals surface area contributed by atoms with E-state index in [2.05, 4.69) is 20.5 Å². The van der Waals surface area contributed by atoms with Crippen molar-refractivity contribution < 1.29 is 8.42 Å². The Labute approximate surface area is 192 Å². The molecule has 1 aromatic rings. The van der Waals surface area contributed by atoms with Crippen molar-refractivity contribution in [1.29, 1.82) is 0 Å². The normalized spacial score (nSPS) is 21.2. The highest BCUT2D eigenvalue weighted by Gasteiger charge is 2.26. The predicted molar refractivity (Wildman–Crippen MR) is 130 cm³/mol. The number of sulfone groups is 1. The van der Waals surface area contributed by atoms with Gasteiger partial charge in [-0.15, -0.1) is 24.0 Å². The fourth-order valence-electron chi connectivity index (χ4n) is 4.29. The van der Waals surface area contributed by atoms with E-state index < -0.39 is 9.84 Å². The van der Waals surface area contributed by atoms with Gasteiger partial charge >= 0.3 is 0 Å². The van der Waals surface area contributed by atoms with E-state index in [0.717, 1.165) is 37.0 Å². The van der Waals surface area contributed by atoms with Gasteiger partial charge in [0.15, 0.2) is 15.8 Å². The Hall–Kier alpha value is -0.870. The molecule has 1 aromatic carbocycles. The van der Waals surface area contributed by atoms with Gasteiger partial charge in [-0.05, 0) is 49.3 Å². The van der Waals surface area contributed by atoms with Crippen LogP contribution in [0.15, 0.2) is 34.2 Å². The molecule has 6 nitrogen and oxygen atoms in total. The van der Waals surface area contributed by atoms with Gasteiger partial charge in [-0.1, -0.05) is 25.0 Å². The first kappa shape index (κ1) is 24.4. The highest BCUT2D eigenvalue weighted by molar-refractivity contribution is 14.0. The Morgan fingerprint density at radius 3 is 2.48 bits per heavy atom. The van der Waals surface area contributed by atoms with Gasteiger partial charge in [0.05, 0.1) is 4.90 Å². The summed E-state index contributed by atoms with van der Waals surface area (Å²) in [7, 11) is -1.33. The van der Waals surface area contributed by atoms with Gasteiger partial charge in [-0.3, -0.25) is 4.99 Å². The van der Waals surface area contributed by atoms with Crippen LogP contribution in [0.5, 0.6) is 0 Å². The summed E-state index contributed by atoms with van der Waals surface area (Å²) < 4.78 is 23.1. The molecule has 1 saturated carbocycles.